The molecule has 0 radical (unpaired) electrons. The largest absolute Gasteiger partial charge is 0.493 e. The van der Waals surface area contributed by atoms with Crippen molar-refractivity contribution in [3.63, 3.8) is 0 Å². The Morgan fingerprint density at radius 2 is 1.78 bits per heavy atom. The van der Waals surface area contributed by atoms with E-state index in [1.165, 1.54) is 21.3 Å². The third-order valence-electron chi connectivity index (χ3n) is 2.61. The molecule has 1 atom stereocenters. The maximum Gasteiger partial charge on any atom is 0.204 e. The first-order chi connectivity index (χ1) is 8.60. The monoisotopic (exact) mass is 316 g/mol. The Balaban J connectivity index is 3.33. The summed E-state index contributed by atoms with van der Waals surface area (Å²) in [7, 11) is 4.56. The molecule has 0 aliphatic heterocycles. The minimum atomic E-state index is -0.232. The zero-order valence-electron chi connectivity index (χ0n) is 11.0. The molecule has 1 rings (SSSR count). The summed E-state index contributed by atoms with van der Waals surface area (Å²) in [5.74, 6) is 1.34. The van der Waals surface area contributed by atoms with Crippen molar-refractivity contribution in [1.29, 1.82) is 0 Å². The Labute approximate surface area is 115 Å². The summed E-state index contributed by atoms with van der Waals surface area (Å²) in [4.78, 5) is 12.0. The highest BCUT2D eigenvalue weighted by Gasteiger charge is 2.23. The van der Waals surface area contributed by atoms with Gasteiger partial charge in [0, 0.05) is 0 Å². The quantitative estimate of drug-likeness (QED) is 0.597. The average Bonchev–Trinajstić information content (AvgIpc) is 2.43. The van der Waals surface area contributed by atoms with E-state index in [1.54, 1.807) is 12.1 Å². The number of carbonyl (C=O) groups excluding carboxylic acids is 1. The molecule has 5 heteroatoms. The molecule has 100 valence electrons. The normalized spacial score (nSPS) is 11.8. The lowest BCUT2D eigenvalue weighted by atomic mass is 10.0. The van der Waals surface area contributed by atoms with E-state index in [-0.39, 0.29) is 10.6 Å². The molecule has 0 saturated heterocycles. The van der Waals surface area contributed by atoms with E-state index in [0.717, 1.165) is 0 Å². The summed E-state index contributed by atoms with van der Waals surface area (Å²) < 4.78 is 15.7. The van der Waals surface area contributed by atoms with Crippen LogP contribution < -0.4 is 14.2 Å². The number of rotatable bonds is 6. The second-order valence-electron chi connectivity index (χ2n) is 3.62. The third kappa shape index (κ3) is 2.77. The Bertz CT molecular complexity index is 431. The van der Waals surface area contributed by atoms with Crippen LogP contribution in [0.4, 0.5) is 0 Å². The maximum atomic E-state index is 12.2. The van der Waals surface area contributed by atoms with Gasteiger partial charge in [-0.3, -0.25) is 4.79 Å². The molecule has 0 saturated carbocycles. The summed E-state index contributed by atoms with van der Waals surface area (Å²) in [5.41, 5.74) is 0.485. The van der Waals surface area contributed by atoms with E-state index < -0.39 is 0 Å². The second kappa shape index (κ2) is 6.64. The smallest absolute Gasteiger partial charge is 0.204 e. The highest BCUT2D eigenvalue weighted by atomic mass is 79.9. The highest BCUT2D eigenvalue weighted by molar-refractivity contribution is 9.10. The first-order valence-corrected chi connectivity index (χ1v) is 6.49. The number of hydrogen-bond acceptors (Lipinski definition) is 4. The van der Waals surface area contributed by atoms with Crippen molar-refractivity contribution >= 4 is 21.7 Å². The van der Waals surface area contributed by atoms with Crippen LogP contribution in [-0.4, -0.2) is 31.9 Å². The predicted molar refractivity (Wildman–Crippen MR) is 73.4 cm³/mol. The summed E-state index contributed by atoms with van der Waals surface area (Å²) in [6.07, 6.45) is 0.705. The van der Waals surface area contributed by atoms with E-state index in [0.29, 0.717) is 29.2 Å². The molecule has 0 N–H and O–H groups in total. The molecular weight excluding hydrogens is 300 g/mol. The Morgan fingerprint density at radius 1 is 1.17 bits per heavy atom. The van der Waals surface area contributed by atoms with Crippen molar-refractivity contribution in [3.05, 3.63) is 17.7 Å². The van der Waals surface area contributed by atoms with Crippen LogP contribution in [0.5, 0.6) is 17.2 Å². The molecular formula is C13H17BrO4. The Hall–Kier alpha value is -1.23. The zero-order valence-corrected chi connectivity index (χ0v) is 12.5. The number of halogens is 1. The number of hydrogen-bond donors (Lipinski definition) is 0. The molecule has 18 heavy (non-hydrogen) atoms. The molecule has 0 amide bonds. The van der Waals surface area contributed by atoms with E-state index >= 15 is 0 Å². The Morgan fingerprint density at radius 3 is 2.22 bits per heavy atom. The van der Waals surface area contributed by atoms with Gasteiger partial charge in [-0.05, 0) is 18.6 Å². The minimum Gasteiger partial charge on any atom is -0.493 e. The van der Waals surface area contributed by atoms with E-state index in [4.69, 9.17) is 14.2 Å². The van der Waals surface area contributed by atoms with Gasteiger partial charge in [0.05, 0.1) is 31.7 Å². The van der Waals surface area contributed by atoms with Crippen LogP contribution in [0, 0.1) is 0 Å². The highest BCUT2D eigenvalue weighted by Crippen LogP contribution is 2.40. The molecule has 0 spiro atoms. The van der Waals surface area contributed by atoms with Crippen LogP contribution in [-0.2, 0) is 0 Å². The maximum absolute atomic E-state index is 12.2. The number of methoxy groups -OCH3 is 3. The van der Waals surface area contributed by atoms with Crippen LogP contribution in [0.25, 0.3) is 0 Å². The molecule has 0 aromatic heterocycles. The molecule has 0 aliphatic carbocycles. The fraction of sp³-hybridized carbons (Fsp3) is 0.462. The molecule has 1 unspecified atom stereocenters. The summed E-state index contributed by atoms with van der Waals surface area (Å²) in [6.45, 7) is 1.94. The molecule has 4 nitrogen and oxygen atoms in total. The van der Waals surface area contributed by atoms with E-state index in [2.05, 4.69) is 15.9 Å². The standard InChI is InChI=1S/C13H17BrO4/c1-5-9(14)11(15)8-6-7-10(16-2)13(18-4)12(8)17-3/h6-7,9H,5H2,1-4H3. The lowest BCUT2D eigenvalue weighted by molar-refractivity contribution is 0.0986. The van der Waals surface area contributed by atoms with Gasteiger partial charge in [-0.15, -0.1) is 0 Å². The van der Waals surface area contributed by atoms with Crippen molar-refractivity contribution in [1.82, 2.24) is 0 Å². The second-order valence-corrected chi connectivity index (χ2v) is 4.73. The number of benzene rings is 1. The van der Waals surface area contributed by atoms with Gasteiger partial charge < -0.3 is 14.2 Å². The fourth-order valence-electron chi connectivity index (χ4n) is 1.65. The SMILES string of the molecule is CCC(Br)C(=O)c1ccc(OC)c(OC)c1OC. The number of ether oxygens (including phenoxy) is 3. The van der Waals surface area contributed by atoms with Crippen molar-refractivity contribution in [2.75, 3.05) is 21.3 Å². The zero-order chi connectivity index (χ0) is 13.7. The van der Waals surface area contributed by atoms with Gasteiger partial charge in [0.25, 0.3) is 0 Å². The van der Waals surface area contributed by atoms with Crippen LogP contribution in [0.15, 0.2) is 12.1 Å². The molecule has 0 fully saturated rings. The van der Waals surface area contributed by atoms with Gasteiger partial charge in [0.15, 0.2) is 17.3 Å². The van der Waals surface area contributed by atoms with Crippen LogP contribution >= 0.6 is 15.9 Å². The van der Waals surface area contributed by atoms with Gasteiger partial charge in [-0.2, -0.15) is 0 Å². The van der Waals surface area contributed by atoms with Gasteiger partial charge in [-0.25, -0.2) is 0 Å². The van der Waals surface area contributed by atoms with Gasteiger partial charge in [0.1, 0.15) is 0 Å². The summed E-state index contributed by atoms with van der Waals surface area (Å²) >= 11 is 3.35. The molecule has 1 aromatic rings. The van der Waals surface area contributed by atoms with Gasteiger partial charge >= 0.3 is 0 Å². The lowest BCUT2D eigenvalue weighted by Gasteiger charge is -2.16. The Kier molecular flexibility index (Phi) is 5.47. The first-order valence-electron chi connectivity index (χ1n) is 5.57. The molecule has 0 heterocycles. The third-order valence-corrected chi connectivity index (χ3v) is 3.68. The van der Waals surface area contributed by atoms with Crippen LogP contribution in [0.3, 0.4) is 0 Å². The van der Waals surface area contributed by atoms with Crippen molar-refractivity contribution in [3.8, 4) is 17.2 Å². The van der Waals surface area contributed by atoms with Crippen molar-refractivity contribution < 1.29 is 19.0 Å². The van der Waals surface area contributed by atoms with E-state index in [9.17, 15) is 4.79 Å². The van der Waals surface area contributed by atoms with Crippen molar-refractivity contribution in [2.24, 2.45) is 0 Å². The molecule has 0 bridgehead atoms. The number of Topliss-reactive ketones (excluding diaryl/α,β-unsaturated/α-hetero) is 1. The number of alkyl halides is 1. The van der Waals surface area contributed by atoms with Crippen LogP contribution in [0.2, 0.25) is 0 Å². The summed E-state index contributed by atoms with van der Waals surface area (Å²) in [6, 6.07) is 3.39. The van der Waals surface area contributed by atoms with Crippen LogP contribution in [0.1, 0.15) is 23.7 Å². The minimum absolute atomic E-state index is 0.0321. The molecule has 0 aliphatic rings. The van der Waals surface area contributed by atoms with Gasteiger partial charge in [0.2, 0.25) is 5.75 Å². The fourth-order valence-corrected chi connectivity index (χ4v) is 1.90. The average molecular weight is 317 g/mol. The lowest BCUT2D eigenvalue weighted by Crippen LogP contribution is -2.14. The van der Waals surface area contributed by atoms with E-state index in [1.807, 2.05) is 6.92 Å². The number of carbonyl (C=O) groups is 1. The van der Waals surface area contributed by atoms with Gasteiger partial charge in [-0.1, -0.05) is 22.9 Å². The number of ketones is 1. The topological polar surface area (TPSA) is 44.8 Å². The first kappa shape index (κ1) is 14.8. The predicted octanol–water partition coefficient (Wildman–Crippen LogP) is 3.07. The van der Waals surface area contributed by atoms with Crippen molar-refractivity contribution in [2.45, 2.75) is 18.2 Å². The molecule has 1 aromatic carbocycles. The summed E-state index contributed by atoms with van der Waals surface area (Å²) in [5, 5.41) is 0.